The molecule has 154 valence electrons. The van der Waals surface area contributed by atoms with Crippen LogP contribution >= 0.6 is 24.0 Å². The van der Waals surface area contributed by atoms with Gasteiger partial charge in [-0.15, -0.1) is 24.0 Å². The predicted molar refractivity (Wildman–Crippen MR) is 122 cm³/mol. The van der Waals surface area contributed by atoms with Crippen molar-refractivity contribution in [3.05, 3.63) is 40.8 Å². The van der Waals surface area contributed by atoms with E-state index in [9.17, 15) is 0 Å². The number of aliphatic imine (C=N–C) groups is 1. The zero-order valence-corrected chi connectivity index (χ0v) is 19.5. The zero-order chi connectivity index (χ0) is 19.2. The van der Waals surface area contributed by atoms with Gasteiger partial charge in [0, 0.05) is 50.7 Å². The van der Waals surface area contributed by atoms with Crippen molar-refractivity contribution in [3.63, 3.8) is 0 Å². The van der Waals surface area contributed by atoms with E-state index in [1.165, 1.54) is 18.4 Å². The highest BCUT2D eigenvalue weighted by molar-refractivity contribution is 14.0. The summed E-state index contributed by atoms with van der Waals surface area (Å²) >= 11 is 0. The largest absolute Gasteiger partial charge is 0.474 e. The van der Waals surface area contributed by atoms with Crippen LogP contribution in [0.1, 0.15) is 48.2 Å². The number of aromatic nitrogens is 3. The Morgan fingerprint density at radius 2 is 1.93 bits per heavy atom. The number of hydrogen-bond donors (Lipinski definition) is 2. The Labute approximate surface area is 184 Å². The molecule has 0 bridgehead atoms. The zero-order valence-electron chi connectivity index (χ0n) is 17.2. The van der Waals surface area contributed by atoms with Gasteiger partial charge in [-0.2, -0.15) is 5.10 Å². The summed E-state index contributed by atoms with van der Waals surface area (Å²) in [5, 5.41) is 11.1. The third kappa shape index (κ3) is 5.83. The van der Waals surface area contributed by atoms with Crippen molar-refractivity contribution in [2.45, 2.75) is 58.7 Å². The minimum atomic E-state index is 0. The van der Waals surface area contributed by atoms with Gasteiger partial charge in [-0.1, -0.05) is 6.07 Å². The van der Waals surface area contributed by atoms with Gasteiger partial charge in [0.1, 0.15) is 6.10 Å². The summed E-state index contributed by atoms with van der Waals surface area (Å²) in [6.07, 6.45) is 7.00. The molecule has 8 heteroatoms. The fourth-order valence-electron chi connectivity index (χ4n) is 3.41. The lowest BCUT2D eigenvalue weighted by molar-refractivity contribution is 0.201. The molecule has 0 amide bonds. The van der Waals surface area contributed by atoms with Crippen LogP contribution in [0.15, 0.2) is 23.3 Å². The maximum atomic E-state index is 5.91. The average Bonchev–Trinajstić information content (AvgIpc) is 3.26. The lowest BCUT2D eigenvalue weighted by Crippen LogP contribution is -2.36. The second-order valence-electron chi connectivity index (χ2n) is 7.08. The normalized spacial score (nSPS) is 14.6. The number of aryl methyl sites for hydroxylation is 2. The van der Waals surface area contributed by atoms with Crippen LogP contribution in [0.2, 0.25) is 0 Å². The van der Waals surface area contributed by atoms with Crippen LogP contribution in [0.3, 0.4) is 0 Å². The molecular weight excluding hydrogens is 467 g/mol. The molecule has 0 unspecified atom stereocenters. The van der Waals surface area contributed by atoms with Gasteiger partial charge in [0.15, 0.2) is 5.96 Å². The molecule has 28 heavy (non-hydrogen) atoms. The molecule has 7 nitrogen and oxygen atoms in total. The molecule has 3 rings (SSSR count). The SMILES string of the molecule is CN=C(NCc1ccc(OC2CCCC2)nc1)NCc1c(C)nn(C)c1C.I. The molecule has 0 aromatic carbocycles. The van der Waals surface area contributed by atoms with Crippen LogP contribution in [-0.4, -0.2) is 33.9 Å². The van der Waals surface area contributed by atoms with E-state index in [-0.39, 0.29) is 24.0 Å². The summed E-state index contributed by atoms with van der Waals surface area (Å²) in [5.41, 5.74) is 4.50. The summed E-state index contributed by atoms with van der Waals surface area (Å²) in [4.78, 5) is 8.72. The smallest absolute Gasteiger partial charge is 0.213 e. The molecule has 2 aromatic rings. The summed E-state index contributed by atoms with van der Waals surface area (Å²) in [7, 11) is 3.74. The molecule has 0 radical (unpaired) electrons. The Bertz CT molecular complexity index is 781. The van der Waals surface area contributed by atoms with E-state index in [1.54, 1.807) is 7.05 Å². The number of nitrogens with zero attached hydrogens (tertiary/aromatic N) is 4. The second-order valence-corrected chi connectivity index (χ2v) is 7.08. The number of guanidine groups is 1. The first-order valence-electron chi connectivity index (χ1n) is 9.62. The lowest BCUT2D eigenvalue weighted by atomic mass is 10.2. The molecule has 1 saturated carbocycles. The number of pyridine rings is 1. The first kappa shape index (κ1) is 22.4. The van der Waals surface area contributed by atoms with Crippen LogP contribution in [0.25, 0.3) is 0 Å². The van der Waals surface area contributed by atoms with Crippen LogP contribution in [-0.2, 0) is 20.1 Å². The van der Waals surface area contributed by atoms with Crippen molar-refractivity contribution in [1.82, 2.24) is 25.4 Å². The van der Waals surface area contributed by atoms with E-state index < -0.39 is 0 Å². The fraction of sp³-hybridized carbons (Fsp3) is 0.550. The number of hydrogen-bond acceptors (Lipinski definition) is 4. The highest BCUT2D eigenvalue weighted by atomic mass is 127. The molecule has 0 aliphatic heterocycles. The second kappa shape index (κ2) is 10.6. The first-order chi connectivity index (χ1) is 13.1. The molecule has 2 heterocycles. The van der Waals surface area contributed by atoms with Crippen molar-refractivity contribution in [2.75, 3.05) is 7.05 Å². The third-order valence-corrected chi connectivity index (χ3v) is 5.16. The topological polar surface area (TPSA) is 76.4 Å². The van der Waals surface area contributed by atoms with E-state index in [4.69, 9.17) is 4.74 Å². The summed E-state index contributed by atoms with van der Waals surface area (Å²) in [6.45, 7) is 5.45. The molecule has 1 aliphatic rings. The van der Waals surface area contributed by atoms with Crippen molar-refractivity contribution in [3.8, 4) is 5.88 Å². The van der Waals surface area contributed by atoms with E-state index in [2.05, 4.69) is 32.6 Å². The van der Waals surface area contributed by atoms with Gasteiger partial charge in [0.2, 0.25) is 5.88 Å². The Kier molecular flexibility index (Phi) is 8.53. The van der Waals surface area contributed by atoms with Gasteiger partial charge >= 0.3 is 0 Å². The maximum absolute atomic E-state index is 5.91. The van der Waals surface area contributed by atoms with Gasteiger partial charge in [-0.25, -0.2) is 4.98 Å². The standard InChI is InChI=1S/C20H30N6O.HI/c1-14-18(15(2)26(4)25-14)13-24-20(21-3)23-12-16-9-10-19(22-11-16)27-17-7-5-6-8-17;/h9-11,17H,5-8,12-13H2,1-4H3,(H2,21,23,24);1H. The molecule has 2 aromatic heterocycles. The Hall–Kier alpha value is -1.84. The molecule has 0 spiro atoms. The third-order valence-electron chi connectivity index (χ3n) is 5.16. The van der Waals surface area contributed by atoms with Gasteiger partial charge in [0.25, 0.3) is 0 Å². The van der Waals surface area contributed by atoms with Crippen LogP contribution in [0, 0.1) is 13.8 Å². The number of nitrogens with one attached hydrogen (secondary N) is 2. The number of rotatable bonds is 6. The Morgan fingerprint density at radius 1 is 1.21 bits per heavy atom. The monoisotopic (exact) mass is 498 g/mol. The highest BCUT2D eigenvalue weighted by Crippen LogP contribution is 2.22. The first-order valence-corrected chi connectivity index (χ1v) is 9.62. The molecule has 0 saturated heterocycles. The summed E-state index contributed by atoms with van der Waals surface area (Å²) in [5.74, 6) is 1.47. The number of ether oxygens (including phenoxy) is 1. The molecule has 1 fully saturated rings. The lowest BCUT2D eigenvalue weighted by Gasteiger charge is -2.14. The van der Waals surface area contributed by atoms with Crippen LogP contribution < -0.4 is 15.4 Å². The van der Waals surface area contributed by atoms with E-state index in [0.29, 0.717) is 19.2 Å². The van der Waals surface area contributed by atoms with Crippen LogP contribution in [0.4, 0.5) is 0 Å². The van der Waals surface area contributed by atoms with E-state index in [1.807, 2.05) is 37.0 Å². The van der Waals surface area contributed by atoms with Gasteiger partial charge in [-0.3, -0.25) is 9.67 Å². The van der Waals surface area contributed by atoms with Crippen molar-refractivity contribution >= 4 is 29.9 Å². The van der Waals surface area contributed by atoms with E-state index >= 15 is 0 Å². The van der Waals surface area contributed by atoms with Crippen molar-refractivity contribution in [2.24, 2.45) is 12.0 Å². The fourth-order valence-corrected chi connectivity index (χ4v) is 3.41. The van der Waals surface area contributed by atoms with Crippen molar-refractivity contribution < 1.29 is 4.74 Å². The molecule has 0 atom stereocenters. The summed E-state index contributed by atoms with van der Waals surface area (Å²) < 4.78 is 7.82. The maximum Gasteiger partial charge on any atom is 0.213 e. The van der Waals surface area contributed by atoms with Crippen molar-refractivity contribution in [1.29, 1.82) is 0 Å². The molecule has 1 aliphatic carbocycles. The van der Waals surface area contributed by atoms with Crippen LogP contribution in [0.5, 0.6) is 5.88 Å². The highest BCUT2D eigenvalue weighted by Gasteiger charge is 2.16. The quantitative estimate of drug-likeness (QED) is 0.364. The van der Waals surface area contributed by atoms with E-state index in [0.717, 1.165) is 41.6 Å². The predicted octanol–water partition coefficient (Wildman–Crippen LogP) is 3.24. The minimum absolute atomic E-state index is 0. The number of halogens is 1. The summed E-state index contributed by atoms with van der Waals surface area (Å²) in [6, 6.07) is 4.00. The van der Waals surface area contributed by atoms with Gasteiger partial charge in [0.05, 0.1) is 5.69 Å². The average molecular weight is 498 g/mol. The minimum Gasteiger partial charge on any atom is -0.474 e. The van der Waals surface area contributed by atoms with Gasteiger partial charge < -0.3 is 15.4 Å². The Morgan fingerprint density at radius 3 is 2.50 bits per heavy atom. The Balaban J connectivity index is 0.00000280. The molecular formula is C20H31IN6O. The molecule has 2 N–H and O–H groups in total. The van der Waals surface area contributed by atoms with Gasteiger partial charge in [-0.05, 0) is 45.1 Å².